The Balaban J connectivity index is 0.00000140. The minimum atomic E-state index is -0.318. The zero-order valence-corrected chi connectivity index (χ0v) is 19.0. The third-order valence-corrected chi connectivity index (χ3v) is 6.04. The van der Waals surface area contributed by atoms with E-state index in [9.17, 15) is 14.9 Å². The molecule has 0 saturated carbocycles. The van der Waals surface area contributed by atoms with E-state index >= 15 is 0 Å². The van der Waals surface area contributed by atoms with Crippen molar-refractivity contribution in [3.05, 3.63) is 71.3 Å². The molecule has 4 rings (SSSR count). The maximum atomic E-state index is 13.0. The quantitative estimate of drug-likeness (QED) is 0.757. The first-order valence-electron chi connectivity index (χ1n) is 7.58. The predicted molar refractivity (Wildman–Crippen MR) is 101 cm³/mol. The van der Waals surface area contributed by atoms with Crippen molar-refractivity contribution in [2.24, 2.45) is 9.98 Å². The minimum Gasteiger partial charge on any atom is -1.00 e. The van der Waals surface area contributed by atoms with E-state index in [1.807, 2.05) is 12.1 Å². The standard InChI is InChI=1S/C18H11FN4OS2.K.H/c19-13-2-4-14(5-3-13)25-16-6-1-11(7-12(16)8-20)17-22-15-9-21-10-23(24)18(15)26-17;;/h1-7,9-10,18,24H;;/q;+1;-1. The first-order chi connectivity index (χ1) is 12.6. The SMILES string of the molecule is N#Cc1cc(C2=NC3=CN=CN(O)C3S2)ccc1Sc1ccc(F)cc1.[H-].[K+]. The first kappa shape index (κ1) is 20.8. The smallest absolute Gasteiger partial charge is 1.00 e. The van der Waals surface area contributed by atoms with Crippen molar-refractivity contribution < 1.29 is 62.4 Å². The number of thioether (sulfide) groups is 1. The van der Waals surface area contributed by atoms with Gasteiger partial charge in [-0.3, -0.25) is 5.21 Å². The molecule has 0 aromatic heterocycles. The van der Waals surface area contributed by atoms with Crippen molar-refractivity contribution >= 4 is 34.9 Å². The second-order valence-electron chi connectivity index (χ2n) is 5.46. The van der Waals surface area contributed by atoms with Crippen molar-refractivity contribution in [1.29, 1.82) is 5.26 Å². The van der Waals surface area contributed by atoms with Crippen LogP contribution in [0.4, 0.5) is 4.39 Å². The molecule has 1 unspecified atom stereocenters. The van der Waals surface area contributed by atoms with E-state index in [2.05, 4.69) is 16.1 Å². The molecule has 9 heteroatoms. The van der Waals surface area contributed by atoms with Crippen LogP contribution in [0.5, 0.6) is 0 Å². The van der Waals surface area contributed by atoms with Gasteiger partial charge in [-0.2, -0.15) is 5.26 Å². The van der Waals surface area contributed by atoms with Crippen LogP contribution in [-0.2, 0) is 0 Å². The topological polar surface area (TPSA) is 72.0 Å². The predicted octanol–water partition coefficient (Wildman–Crippen LogP) is 1.36. The fraction of sp³-hybridized carbons (Fsp3) is 0.0556. The number of hydrogen-bond acceptors (Lipinski definition) is 7. The summed E-state index contributed by atoms with van der Waals surface area (Å²) in [6.07, 6.45) is 2.95. The zero-order chi connectivity index (χ0) is 18.1. The monoisotopic (exact) mass is 422 g/mol. The summed E-state index contributed by atoms with van der Waals surface area (Å²) < 4.78 is 13.0. The molecule has 0 spiro atoms. The summed E-state index contributed by atoms with van der Waals surface area (Å²) in [6, 6.07) is 13.9. The Morgan fingerprint density at radius 1 is 1.26 bits per heavy atom. The molecule has 0 fully saturated rings. The molecule has 2 heterocycles. The fourth-order valence-electron chi connectivity index (χ4n) is 2.49. The summed E-state index contributed by atoms with van der Waals surface area (Å²) >= 11 is 2.80. The molecule has 27 heavy (non-hydrogen) atoms. The molecule has 0 aliphatic carbocycles. The normalized spacial score (nSPS) is 17.5. The Bertz CT molecular complexity index is 1010. The fourth-order valence-corrected chi connectivity index (χ4v) is 4.39. The van der Waals surface area contributed by atoms with Gasteiger partial charge in [0.1, 0.15) is 23.3 Å². The molecule has 0 bridgehead atoms. The molecule has 2 aromatic rings. The summed E-state index contributed by atoms with van der Waals surface area (Å²) in [4.78, 5) is 10.1. The van der Waals surface area contributed by atoms with Crippen molar-refractivity contribution in [3.63, 3.8) is 0 Å². The number of fused-ring (bicyclic) bond motifs is 1. The van der Waals surface area contributed by atoms with Crippen LogP contribution in [0.2, 0.25) is 0 Å². The third kappa shape index (κ3) is 4.55. The van der Waals surface area contributed by atoms with Gasteiger partial charge in [-0.1, -0.05) is 29.6 Å². The minimum absolute atomic E-state index is 0. The third-order valence-electron chi connectivity index (χ3n) is 3.73. The molecule has 130 valence electrons. The number of nitriles is 1. The van der Waals surface area contributed by atoms with Gasteiger partial charge < -0.3 is 1.43 Å². The average Bonchev–Trinajstić information content (AvgIpc) is 3.09. The number of benzene rings is 2. The van der Waals surface area contributed by atoms with Crippen LogP contribution in [-0.4, -0.2) is 27.0 Å². The summed E-state index contributed by atoms with van der Waals surface area (Å²) in [5, 5.41) is 20.8. The van der Waals surface area contributed by atoms with Crippen LogP contribution in [0.1, 0.15) is 12.6 Å². The average molecular weight is 423 g/mol. The van der Waals surface area contributed by atoms with E-state index in [0.717, 1.165) is 25.5 Å². The van der Waals surface area contributed by atoms with E-state index in [1.165, 1.54) is 42.0 Å². The molecule has 5 nitrogen and oxygen atoms in total. The van der Waals surface area contributed by atoms with E-state index in [1.54, 1.807) is 24.4 Å². The van der Waals surface area contributed by atoms with Crippen molar-refractivity contribution in [1.82, 2.24) is 5.06 Å². The van der Waals surface area contributed by atoms with E-state index in [4.69, 9.17) is 0 Å². The number of rotatable bonds is 3. The Labute approximate surface area is 207 Å². The summed E-state index contributed by atoms with van der Waals surface area (Å²) in [7, 11) is 0. The van der Waals surface area contributed by atoms with E-state index in [-0.39, 0.29) is 64.0 Å². The van der Waals surface area contributed by atoms with Gasteiger partial charge in [0.2, 0.25) is 0 Å². The number of halogens is 1. The molecule has 2 aliphatic rings. The van der Waals surface area contributed by atoms with Crippen LogP contribution in [0.3, 0.4) is 0 Å². The number of nitrogens with zero attached hydrogens (tertiary/aromatic N) is 4. The summed E-state index contributed by atoms with van der Waals surface area (Å²) in [6.45, 7) is 0. The molecule has 0 saturated heterocycles. The molecule has 1 N–H and O–H groups in total. The van der Waals surface area contributed by atoms with Crippen LogP contribution >= 0.6 is 23.5 Å². The number of hydrogen-bond donors (Lipinski definition) is 1. The van der Waals surface area contributed by atoms with Crippen LogP contribution in [0, 0.1) is 17.1 Å². The molecule has 0 radical (unpaired) electrons. The van der Waals surface area contributed by atoms with Crippen molar-refractivity contribution in [2.45, 2.75) is 15.2 Å². The van der Waals surface area contributed by atoms with Crippen LogP contribution < -0.4 is 51.4 Å². The van der Waals surface area contributed by atoms with E-state index in [0.29, 0.717) is 11.3 Å². The summed E-state index contributed by atoms with van der Waals surface area (Å²) in [5.41, 5.74) is 1.98. The summed E-state index contributed by atoms with van der Waals surface area (Å²) in [5.74, 6) is -0.292. The van der Waals surface area contributed by atoms with E-state index < -0.39 is 0 Å². The Hall–Kier alpha value is -0.964. The second kappa shape index (κ2) is 9.02. The molecule has 2 aliphatic heterocycles. The van der Waals surface area contributed by atoms with Gasteiger partial charge >= 0.3 is 51.4 Å². The van der Waals surface area contributed by atoms with Crippen molar-refractivity contribution in [2.75, 3.05) is 0 Å². The largest absolute Gasteiger partial charge is 1.00 e. The first-order valence-corrected chi connectivity index (χ1v) is 9.27. The van der Waals surface area contributed by atoms with Gasteiger partial charge in [-0.25, -0.2) is 19.4 Å². The Kier molecular flexibility index (Phi) is 6.94. The van der Waals surface area contributed by atoms with Gasteiger partial charge in [-0.05, 0) is 36.4 Å². The van der Waals surface area contributed by atoms with Crippen LogP contribution in [0.15, 0.2) is 74.1 Å². The van der Waals surface area contributed by atoms with Gasteiger partial charge in [-0.15, -0.1) is 0 Å². The molecule has 0 amide bonds. The van der Waals surface area contributed by atoms with Gasteiger partial charge in [0, 0.05) is 15.4 Å². The van der Waals surface area contributed by atoms with Crippen LogP contribution in [0.25, 0.3) is 0 Å². The van der Waals surface area contributed by atoms with Gasteiger partial charge in [0.05, 0.1) is 17.5 Å². The molecular formula is C18H12FKN4OS2. The maximum absolute atomic E-state index is 13.0. The number of aliphatic imine (C=N–C) groups is 2. The zero-order valence-electron chi connectivity index (χ0n) is 15.2. The number of hydroxylamine groups is 2. The molecular weight excluding hydrogens is 410 g/mol. The Morgan fingerprint density at radius 3 is 2.74 bits per heavy atom. The second-order valence-corrected chi connectivity index (χ2v) is 7.65. The van der Waals surface area contributed by atoms with Gasteiger partial charge in [0.15, 0.2) is 5.37 Å². The van der Waals surface area contributed by atoms with Crippen molar-refractivity contribution in [3.8, 4) is 6.07 Å². The molecule has 2 aromatic carbocycles. The maximum Gasteiger partial charge on any atom is 1.00 e. The van der Waals surface area contributed by atoms with Gasteiger partial charge in [0.25, 0.3) is 0 Å². The Morgan fingerprint density at radius 2 is 2.04 bits per heavy atom. The molecule has 1 atom stereocenters.